The van der Waals surface area contributed by atoms with E-state index < -0.39 is 9.84 Å². The Morgan fingerprint density at radius 1 is 1.48 bits per heavy atom. The Balaban J connectivity index is 2.00. The van der Waals surface area contributed by atoms with Crippen molar-refractivity contribution in [1.29, 1.82) is 0 Å². The van der Waals surface area contributed by atoms with E-state index in [9.17, 15) is 13.2 Å². The van der Waals surface area contributed by atoms with Crippen LogP contribution in [0.15, 0.2) is 18.3 Å². The maximum absolute atomic E-state index is 12.3. The number of anilines is 1. The fourth-order valence-electron chi connectivity index (χ4n) is 2.72. The topological polar surface area (TPSA) is 82.6 Å². The van der Waals surface area contributed by atoms with Crippen LogP contribution in [0.4, 0.5) is 10.6 Å². The lowest BCUT2D eigenvalue weighted by atomic mass is 10.2. The second-order valence-corrected chi connectivity index (χ2v) is 8.43. The van der Waals surface area contributed by atoms with E-state index in [-0.39, 0.29) is 30.0 Å². The average molecular weight is 340 g/mol. The predicted octanol–water partition coefficient (Wildman–Crippen LogP) is 0.724. The zero-order valence-corrected chi connectivity index (χ0v) is 14.6. The van der Waals surface area contributed by atoms with Gasteiger partial charge in [0, 0.05) is 45.5 Å². The molecule has 2 rings (SSSR count). The lowest BCUT2D eigenvalue weighted by Gasteiger charge is -2.23. The van der Waals surface area contributed by atoms with Crippen LogP contribution in [0.3, 0.4) is 0 Å². The molecule has 1 unspecified atom stereocenters. The number of urea groups is 1. The lowest BCUT2D eigenvalue weighted by Crippen LogP contribution is -2.42. The zero-order chi connectivity index (χ0) is 17.0. The first-order valence-electron chi connectivity index (χ1n) is 7.63. The first-order valence-corrected chi connectivity index (χ1v) is 9.45. The van der Waals surface area contributed by atoms with Crippen molar-refractivity contribution in [1.82, 2.24) is 15.2 Å². The number of sulfone groups is 1. The number of aromatic nitrogens is 1. The van der Waals surface area contributed by atoms with E-state index in [1.165, 1.54) is 0 Å². The van der Waals surface area contributed by atoms with Gasteiger partial charge in [0.2, 0.25) is 0 Å². The highest BCUT2D eigenvalue weighted by atomic mass is 32.2. The number of rotatable bonds is 3. The molecule has 1 aromatic heterocycles. The highest BCUT2D eigenvalue weighted by Crippen LogP contribution is 2.15. The lowest BCUT2D eigenvalue weighted by molar-refractivity contribution is 0.195. The number of nitrogens with zero attached hydrogens (tertiary/aromatic N) is 3. The summed E-state index contributed by atoms with van der Waals surface area (Å²) in [6, 6.07) is 3.51. The molecule has 128 valence electrons. The Labute approximate surface area is 137 Å². The molecule has 0 aromatic carbocycles. The summed E-state index contributed by atoms with van der Waals surface area (Å²) < 4.78 is 23.6. The molecule has 0 aliphatic carbocycles. The molecule has 1 aromatic rings. The monoisotopic (exact) mass is 340 g/mol. The Morgan fingerprint density at radius 3 is 2.91 bits per heavy atom. The van der Waals surface area contributed by atoms with Gasteiger partial charge in [-0.1, -0.05) is 13.0 Å². The maximum Gasteiger partial charge on any atom is 0.317 e. The first kappa shape index (κ1) is 17.5. The van der Waals surface area contributed by atoms with Gasteiger partial charge in [0.05, 0.1) is 11.5 Å². The third kappa shape index (κ3) is 4.82. The minimum atomic E-state index is -3.06. The van der Waals surface area contributed by atoms with Crippen LogP contribution in [0, 0.1) is 5.92 Å². The van der Waals surface area contributed by atoms with E-state index in [2.05, 4.69) is 10.3 Å². The van der Waals surface area contributed by atoms with Crippen molar-refractivity contribution >= 4 is 21.7 Å². The third-order valence-corrected chi connectivity index (χ3v) is 5.63. The Kier molecular flexibility index (Phi) is 5.46. The summed E-state index contributed by atoms with van der Waals surface area (Å²) in [5.41, 5.74) is 0.918. The van der Waals surface area contributed by atoms with Crippen LogP contribution in [0.2, 0.25) is 0 Å². The molecule has 1 N–H and O–H groups in total. The van der Waals surface area contributed by atoms with Crippen molar-refractivity contribution in [3.8, 4) is 0 Å². The second-order valence-electron chi connectivity index (χ2n) is 6.20. The molecule has 1 saturated heterocycles. The van der Waals surface area contributed by atoms with Crippen LogP contribution in [-0.2, 0) is 16.4 Å². The van der Waals surface area contributed by atoms with Crippen molar-refractivity contribution in [2.75, 3.05) is 43.6 Å². The molecule has 23 heavy (non-hydrogen) atoms. The van der Waals surface area contributed by atoms with Gasteiger partial charge >= 0.3 is 6.03 Å². The molecular weight excluding hydrogens is 316 g/mol. The van der Waals surface area contributed by atoms with Crippen molar-refractivity contribution in [2.24, 2.45) is 5.92 Å². The van der Waals surface area contributed by atoms with E-state index in [0.29, 0.717) is 13.1 Å². The molecule has 0 saturated carbocycles. The van der Waals surface area contributed by atoms with Crippen LogP contribution >= 0.6 is 0 Å². The number of pyridine rings is 1. The number of carbonyl (C=O) groups excluding carboxylic acids is 1. The highest BCUT2D eigenvalue weighted by Gasteiger charge is 2.26. The molecule has 7 nitrogen and oxygen atoms in total. The van der Waals surface area contributed by atoms with E-state index in [1.54, 1.807) is 11.1 Å². The summed E-state index contributed by atoms with van der Waals surface area (Å²) in [4.78, 5) is 20.1. The van der Waals surface area contributed by atoms with Crippen LogP contribution in [0.1, 0.15) is 12.5 Å². The molecule has 0 spiro atoms. The third-order valence-electron chi connectivity index (χ3n) is 3.75. The minimum Gasteiger partial charge on any atom is -0.362 e. The summed E-state index contributed by atoms with van der Waals surface area (Å²) in [6.07, 6.45) is 1.71. The normalized spacial score (nSPS) is 20.7. The number of hydrogen-bond donors (Lipinski definition) is 1. The fourth-order valence-corrected chi connectivity index (χ4v) is 4.36. The molecule has 1 aliphatic heterocycles. The molecule has 0 radical (unpaired) electrons. The van der Waals surface area contributed by atoms with Crippen LogP contribution < -0.4 is 10.2 Å². The van der Waals surface area contributed by atoms with E-state index in [4.69, 9.17) is 0 Å². The average Bonchev–Trinajstić information content (AvgIpc) is 2.62. The van der Waals surface area contributed by atoms with Gasteiger partial charge in [0.25, 0.3) is 0 Å². The largest absolute Gasteiger partial charge is 0.362 e. The minimum absolute atomic E-state index is 0.0284. The molecule has 1 fully saturated rings. The Bertz CT molecular complexity index is 660. The molecule has 2 heterocycles. The van der Waals surface area contributed by atoms with Gasteiger partial charge in [0.15, 0.2) is 9.84 Å². The van der Waals surface area contributed by atoms with E-state index in [1.807, 2.05) is 38.1 Å². The van der Waals surface area contributed by atoms with Crippen LogP contribution in [0.25, 0.3) is 0 Å². The summed E-state index contributed by atoms with van der Waals surface area (Å²) in [7, 11) is 0.737. The second kappa shape index (κ2) is 7.16. The van der Waals surface area contributed by atoms with Gasteiger partial charge in [-0.05, 0) is 12.0 Å². The van der Waals surface area contributed by atoms with Crippen molar-refractivity contribution in [2.45, 2.75) is 13.5 Å². The number of amides is 2. The SMILES string of the molecule is CC1CN(C(=O)NCc2cccnc2N(C)C)CCS(=O)(=O)C1. The van der Waals surface area contributed by atoms with Crippen molar-refractivity contribution in [3.05, 3.63) is 23.9 Å². The molecular formula is C15H24N4O3S. The first-order chi connectivity index (χ1) is 10.8. The predicted molar refractivity (Wildman–Crippen MR) is 90.2 cm³/mol. The van der Waals surface area contributed by atoms with E-state index >= 15 is 0 Å². The fraction of sp³-hybridized carbons (Fsp3) is 0.600. The number of nitrogens with one attached hydrogen (secondary N) is 1. The molecule has 2 amide bonds. The Hall–Kier alpha value is -1.83. The van der Waals surface area contributed by atoms with Gasteiger partial charge in [-0.2, -0.15) is 0 Å². The standard InChI is InChI=1S/C15H24N4O3S/c1-12-10-19(7-8-23(21,22)11-12)15(20)17-9-13-5-4-6-16-14(13)18(2)3/h4-6,12H,7-11H2,1-3H3,(H,17,20). The summed E-state index contributed by atoms with van der Waals surface area (Å²) in [6.45, 7) is 2.91. The molecule has 1 atom stereocenters. The van der Waals surface area contributed by atoms with Crippen LogP contribution in [0.5, 0.6) is 0 Å². The van der Waals surface area contributed by atoms with Gasteiger partial charge < -0.3 is 15.1 Å². The quantitative estimate of drug-likeness (QED) is 0.877. The maximum atomic E-state index is 12.3. The van der Waals surface area contributed by atoms with Gasteiger partial charge in [0.1, 0.15) is 5.82 Å². The Morgan fingerprint density at radius 2 is 2.22 bits per heavy atom. The van der Waals surface area contributed by atoms with Gasteiger partial charge in [-0.15, -0.1) is 0 Å². The van der Waals surface area contributed by atoms with Crippen LogP contribution in [-0.4, -0.2) is 63.0 Å². The summed E-state index contributed by atoms with van der Waals surface area (Å²) in [5, 5.41) is 2.87. The molecule has 0 bridgehead atoms. The summed E-state index contributed by atoms with van der Waals surface area (Å²) in [5.74, 6) is 0.925. The van der Waals surface area contributed by atoms with Crippen molar-refractivity contribution in [3.63, 3.8) is 0 Å². The highest BCUT2D eigenvalue weighted by molar-refractivity contribution is 7.91. The zero-order valence-electron chi connectivity index (χ0n) is 13.8. The molecule has 8 heteroatoms. The number of carbonyl (C=O) groups is 1. The van der Waals surface area contributed by atoms with Crippen molar-refractivity contribution < 1.29 is 13.2 Å². The van der Waals surface area contributed by atoms with E-state index in [0.717, 1.165) is 11.4 Å². The smallest absolute Gasteiger partial charge is 0.317 e. The molecule has 1 aliphatic rings. The number of hydrogen-bond acceptors (Lipinski definition) is 5. The summed E-state index contributed by atoms with van der Waals surface area (Å²) >= 11 is 0. The van der Waals surface area contributed by atoms with Gasteiger partial charge in [-0.3, -0.25) is 0 Å². The van der Waals surface area contributed by atoms with Gasteiger partial charge in [-0.25, -0.2) is 18.2 Å².